The highest BCUT2D eigenvalue weighted by molar-refractivity contribution is 7.99. The predicted molar refractivity (Wildman–Crippen MR) is 71.6 cm³/mol. The van der Waals surface area contributed by atoms with Gasteiger partial charge in [-0.05, 0) is 24.6 Å². The second-order valence-electron chi connectivity index (χ2n) is 4.16. The lowest BCUT2D eigenvalue weighted by atomic mass is 10.2. The summed E-state index contributed by atoms with van der Waals surface area (Å²) in [4.78, 5) is 0.105. The van der Waals surface area contributed by atoms with Gasteiger partial charge in [-0.1, -0.05) is 0 Å². The van der Waals surface area contributed by atoms with Crippen molar-refractivity contribution in [1.82, 2.24) is 4.31 Å². The third kappa shape index (κ3) is 2.48. The van der Waals surface area contributed by atoms with Crippen molar-refractivity contribution in [3.63, 3.8) is 0 Å². The van der Waals surface area contributed by atoms with Crippen molar-refractivity contribution < 1.29 is 12.8 Å². The first kappa shape index (κ1) is 13.6. The van der Waals surface area contributed by atoms with E-state index in [1.165, 1.54) is 16.4 Å². The summed E-state index contributed by atoms with van der Waals surface area (Å²) in [6.07, 6.45) is 0. The third-order valence-electron chi connectivity index (χ3n) is 2.88. The van der Waals surface area contributed by atoms with Gasteiger partial charge in [0.1, 0.15) is 5.82 Å². The van der Waals surface area contributed by atoms with Gasteiger partial charge in [-0.2, -0.15) is 16.1 Å². The zero-order valence-electron chi connectivity index (χ0n) is 10.0. The SMILES string of the molecule is Cc1cc(F)c(N)cc1S(=O)(=O)N1CCSCC1. The average Bonchev–Trinajstić information content (AvgIpc) is 2.34. The second-order valence-corrected chi connectivity index (χ2v) is 7.29. The van der Waals surface area contributed by atoms with E-state index in [2.05, 4.69) is 0 Å². The van der Waals surface area contributed by atoms with Crippen LogP contribution in [0, 0.1) is 12.7 Å². The molecule has 0 atom stereocenters. The summed E-state index contributed by atoms with van der Waals surface area (Å²) in [5, 5.41) is 0. The fourth-order valence-corrected chi connectivity index (χ4v) is 4.69. The first-order chi connectivity index (χ1) is 8.43. The van der Waals surface area contributed by atoms with Gasteiger partial charge in [0.25, 0.3) is 0 Å². The van der Waals surface area contributed by atoms with Crippen molar-refractivity contribution in [2.24, 2.45) is 0 Å². The lowest BCUT2D eigenvalue weighted by Crippen LogP contribution is -2.38. The van der Waals surface area contributed by atoms with E-state index < -0.39 is 15.8 Å². The normalized spacial score (nSPS) is 17.9. The van der Waals surface area contributed by atoms with Crippen LogP contribution in [0.25, 0.3) is 0 Å². The smallest absolute Gasteiger partial charge is 0.243 e. The van der Waals surface area contributed by atoms with Crippen molar-refractivity contribution in [3.05, 3.63) is 23.5 Å². The Kier molecular flexibility index (Phi) is 3.84. The predicted octanol–water partition coefficient (Wildman–Crippen LogP) is 1.45. The van der Waals surface area contributed by atoms with Crippen LogP contribution < -0.4 is 5.73 Å². The van der Waals surface area contributed by atoms with Crippen LogP contribution in [0.4, 0.5) is 10.1 Å². The number of halogens is 1. The number of thioether (sulfide) groups is 1. The van der Waals surface area contributed by atoms with Gasteiger partial charge in [0.15, 0.2) is 0 Å². The molecule has 7 heteroatoms. The van der Waals surface area contributed by atoms with Gasteiger partial charge in [-0.25, -0.2) is 12.8 Å². The highest BCUT2D eigenvalue weighted by atomic mass is 32.2. The van der Waals surface area contributed by atoms with Gasteiger partial charge < -0.3 is 5.73 Å². The van der Waals surface area contributed by atoms with Crippen molar-refractivity contribution in [2.75, 3.05) is 30.3 Å². The molecule has 0 spiro atoms. The van der Waals surface area contributed by atoms with Gasteiger partial charge in [-0.3, -0.25) is 0 Å². The van der Waals surface area contributed by atoms with E-state index in [0.29, 0.717) is 18.7 Å². The fraction of sp³-hybridized carbons (Fsp3) is 0.455. The van der Waals surface area contributed by atoms with Gasteiger partial charge in [-0.15, -0.1) is 0 Å². The molecule has 1 fully saturated rings. The van der Waals surface area contributed by atoms with Crippen LogP contribution in [-0.2, 0) is 10.0 Å². The molecular weight excluding hydrogens is 275 g/mol. The summed E-state index contributed by atoms with van der Waals surface area (Å²) in [5.74, 6) is 0.991. The van der Waals surface area contributed by atoms with E-state index in [4.69, 9.17) is 5.73 Å². The number of sulfonamides is 1. The average molecular weight is 290 g/mol. The Morgan fingerprint density at radius 2 is 1.94 bits per heavy atom. The molecular formula is C11H15FN2O2S2. The molecule has 1 heterocycles. The molecule has 100 valence electrons. The van der Waals surface area contributed by atoms with Gasteiger partial charge in [0, 0.05) is 24.6 Å². The number of nitrogen functional groups attached to an aromatic ring is 1. The molecule has 4 nitrogen and oxygen atoms in total. The van der Waals surface area contributed by atoms with Crippen LogP contribution in [0.5, 0.6) is 0 Å². The van der Waals surface area contributed by atoms with Gasteiger partial charge in [0.2, 0.25) is 10.0 Å². The van der Waals surface area contributed by atoms with E-state index >= 15 is 0 Å². The molecule has 0 bridgehead atoms. The number of anilines is 1. The highest BCUT2D eigenvalue weighted by Gasteiger charge is 2.28. The van der Waals surface area contributed by atoms with Crippen molar-refractivity contribution in [2.45, 2.75) is 11.8 Å². The molecule has 18 heavy (non-hydrogen) atoms. The van der Waals surface area contributed by atoms with Crippen LogP contribution in [-0.4, -0.2) is 37.3 Å². The molecule has 1 aromatic rings. The minimum absolute atomic E-state index is 0.105. The quantitative estimate of drug-likeness (QED) is 0.838. The van der Waals surface area contributed by atoms with Crippen molar-refractivity contribution in [1.29, 1.82) is 0 Å². The number of hydrogen-bond donors (Lipinski definition) is 1. The fourth-order valence-electron chi connectivity index (χ4n) is 1.87. The Hall–Kier alpha value is -0.790. The first-order valence-electron chi connectivity index (χ1n) is 5.56. The standard InChI is InChI=1S/C11H15FN2O2S2/c1-8-6-9(12)10(13)7-11(8)18(15,16)14-2-4-17-5-3-14/h6-7H,2-5,13H2,1H3. The second kappa shape index (κ2) is 5.07. The third-order valence-corrected chi connectivity index (χ3v) is 5.87. The van der Waals surface area contributed by atoms with E-state index in [0.717, 1.165) is 11.5 Å². The molecule has 0 aromatic heterocycles. The molecule has 2 N–H and O–H groups in total. The first-order valence-corrected chi connectivity index (χ1v) is 8.16. The van der Waals surface area contributed by atoms with Gasteiger partial charge in [0.05, 0.1) is 10.6 Å². The molecule has 0 aliphatic carbocycles. The minimum Gasteiger partial charge on any atom is -0.396 e. The monoisotopic (exact) mass is 290 g/mol. The Morgan fingerprint density at radius 1 is 1.33 bits per heavy atom. The molecule has 0 unspecified atom stereocenters. The summed E-state index contributed by atoms with van der Waals surface area (Å²) in [5.41, 5.74) is 5.71. The lowest BCUT2D eigenvalue weighted by molar-refractivity contribution is 0.443. The molecule has 2 rings (SSSR count). The van der Waals surface area contributed by atoms with Crippen LogP contribution in [0.2, 0.25) is 0 Å². The number of nitrogens with zero attached hydrogens (tertiary/aromatic N) is 1. The molecule has 1 saturated heterocycles. The Morgan fingerprint density at radius 3 is 2.56 bits per heavy atom. The number of hydrogen-bond acceptors (Lipinski definition) is 4. The Labute approximate surface area is 110 Å². The molecule has 1 aliphatic rings. The Balaban J connectivity index is 2.43. The highest BCUT2D eigenvalue weighted by Crippen LogP contribution is 2.26. The Bertz CT molecular complexity index is 554. The largest absolute Gasteiger partial charge is 0.396 e. The maximum atomic E-state index is 13.3. The van der Waals surface area contributed by atoms with E-state index in [-0.39, 0.29) is 10.6 Å². The summed E-state index contributed by atoms with van der Waals surface area (Å²) >= 11 is 1.73. The summed E-state index contributed by atoms with van der Waals surface area (Å²) in [6.45, 7) is 2.56. The number of nitrogens with two attached hydrogens (primary N) is 1. The van der Waals surface area contributed by atoms with E-state index in [9.17, 15) is 12.8 Å². The zero-order chi connectivity index (χ0) is 13.3. The molecule has 1 aromatic carbocycles. The van der Waals surface area contributed by atoms with Crippen molar-refractivity contribution in [3.8, 4) is 0 Å². The topological polar surface area (TPSA) is 63.4 Å². The zero-order valence-corrected chi connectivity index (χ0v) is 11.7. The maximum Gasteiger partial charge on any atom is 0.243 e. The number of aryl methyl sites for hydroxylation is 1. The maximum absolute atomic E-state index is 13.3. The number of benzene rings is 1. The van der Waals surface area contributed by atoms with Crippen LogP contribution >= 0.6 is 11.8 Å². The molecule has 0 saturated carbocycles. The molecule has 0 amide bonds. The van der Waals surface area contributed by atoms with Crippen molar-refractivity contribution >= 4 is 27.5 Å². The number of rotatable bonds is 2. The van der Waals surface area contributed by atoms with E-state index in [1.807, 2.05) is 0 Å². The van der Waals surface area contributed by atoms with Crippen LogP contribution in [0.3, 0.4) is 0 Å². The lowest BCUT2D eigenvalue weighted by Gasteiger charge is -2.26. The van der Waals surface area contributed by atoms with Crippen LogP contribution in [0.1, 0.15) is 5.56 Å². The van der Waals surface area contributed by atoms with Gasteiger partial charge >= 0.3 is 0 Å². The summed E-state index contributed by atoms with van der Waals surface area (Å²) < 4.78 is 39.5. The van der Waals surface area contributed by atoms with E-state index in [1.54, 1.807) is 18.7 Å². The van der Waals surface area contributed by atoms with Crippen LogP contribution in [0.15, 0.2) is 17.0 Å². The summed E-state index contributed by atoms with van der Waals surface area (Å²) in [7, 11) is -3.56. The molecule has 1 aliphatic heterocycles. The molecule has 0 radical (unpaired) electrons. The minimum atomic E-state index is -3.56. The summed E-state index contributed by atoms with van der Waals surface area (Å²) in [6, 6.07) is 2.38.